The molecule has 1 atom stereocenters. The Labute approximate surface area is 199 Å². The number of fused-ring (bicyclic) bond motifs is 1. The molecule has 174 valence electrons. The van der Waals surface area contributed by atoms with E-state index in [0.717, 1.165) is 4.57 Å². The Morgan fingerprint density at radius 3 is 2.35 bits per heavy atom. The van der Waals surface area contributed by atoms with Crippen LogP contribution in [0.4, 0.5) is 5.69 Å². The zero-order valence-electron chi connectivity index (χ0n) is 18.7. The Balaban J connectivity index is 1.90. The lowest BCUT2D eigenvalue weighted by Crippen LogP contribution is -2.42. The van der Waals surface area contributed by atoms with Gasteiger partial charge in [0.25, 0.3) is 5.56 Å². The van der Waals surface area contributed by atoms with Crippen LogP contribution >= 0.6 is 11.6 Å². The van der Waals surface area contributed by atoms with Crippen molar-refractivity contribution in [1.82, 2.24) is 9.13 Å². The first kappa shape index (κ1) is 23.1. The van der Waals surface area contributed by atoms with Crippen molar-refractivity contribution in [2.24, 2.45) is 0 Å². The first-order valence-corrected chi connectivity index (χ1v) is 10.8. The molecule has 34 heavy (non-hydrogen) atoms. The van der Waals surface area contributed by atoms with Crippen LogP contribution in [0.1, 0.15) is 13.0 Å². The Morgan fingerprint density at radius 1 is 0.971 bits per heavy atom. The van der Waals surface area contributed by atoms with Crippen LogP contribution in [0.5, 0.6) is 11.5 Å². The summed E-state index contributed by atoms with van der Waals surface area (Å²) in [5, 5.41) is 3.36. The minimum Gasteiger partial charge on any atom is -0.497 e. The summed E-state index contributed by atoms with van der Waals surface area (Å²) in [5.41, 5.74) is -0.174. The van der Waals surface area contributed by atoms with Gasteiger partial charge in [0, 0.05) is 10.7 Å². The van der Waals surface area contributed by atoms with Gasteiger partial charge in [0.1, 0.15) is 17.5 Å². The normalized spacial score (nSPS) is 11.8. The van der Waals surface area contributed by atoms with Crippen molar-refractivity contribution < 1.29 is 14.3 Å². The Morgan fingerprint density at radius 2 is 1.68 bits per heavy atom. The van der Waals surface area contributed by atoms with Crippen LogP contribution in [0.3, 0.4) is 0 Å². The number of rotatable bonds is 6. The third kappa shape index (κ3) is 4.15. The zero-order chi connectivity index (χ0) is 24.4. The van der Waals surface area contributed by atoms with Crippen LogP contribution in [-0.2, 0) is 4.79 Å². The molecule has 1 amide bonds. The van der Waals surface area contributed by atoms with E-state index in [-0.39, 0.29) is 16.6 Å². The number of ether oxygens (including phenoxy) is 2. The number of amides is 1. The van der Waals surface area contributed by atoms with Gasteiger partial charge in [0.2, 0.25) is 5.91 Å². The van der Waals surface area contributed by atoms with Gasteiger partial charge in [-0.1, -0.05) is 23.7 Å². The molecule has 0 aliphatic rings. The van der Waals surface area contributed by atoms with Crippen LogP contribution in [0.2, 0.25) is 5.02 Å². The molecule has 1 aromatic heterocycles. The largest absolute Gasteiger partial charge is 0.497 e. The fourth-order valence-electron chi connectivity index (χ4n) is 3.74. The highest BCUT2D eigenvalue weighted by atomic mass is 35.5. The number of aromatic nitrogens is 2. The molecule has 0 saturated carbocycles. The van der Waals surface area contributed by atoms with Gasteiger partial charge in [0.15, 0.2) is 0 Å². The minimum absolute atomic E-state index is 0.235. The third-order valence-corrected chi connectivity index (χ3v) is 5.74. The summed E-state index contributed by atoms with van der Waals surface area (Å²) in [7, 11) is 3.00. The number of hydrogen-bond acceptors (Lipinski definition) is 5. The fraction of sp³-hybridized carbons (Fsp3) is 0.160. The Hall–Kier alpha value is -4.04. The molecule has 3 aromatic carbocycles. The molecule has 0 fully saturated rings. The summed E-state index contributed by atoms with van der Waals surface area (Å²) in [6.45, 7) is 1.58. The highest BCUT2D eigenvalue weighted by Gasteiger charge is 2.24. The maximum absolute atomic E-state index is 13.7. The number of halogens is 1. The summed E-state index contributed by atoms with van der Waals surface area (Å²) in [5.74, 6) is 0.544. The smallest absolute Gasteiger partial charge is 0.337 e. The van der Waals surface area contributed by atoms with Crippen molar-refractivity contribution in [2.75, 3.05) is 19.5 Å². The van der Waals surface area contributed by atoms with Crippen molar-refractivity contribution in [1.29, 1.82) is 0 Å². The summed E-state index contributed by atoms with van der Waals surface area (Å²) in [6.07, 6.45) is 0. The second kappa shape index (κ2) is 9.44. The van der Waals surface area contributed by atoms with E-state index in [1.807, 2.05) is 0 Å². The van der Waals surface area contributed by atoms with Gasteiger partial charge in [-0.2, -0.15) is 0 Å². The number of anilines is 1. The Bertz CT molecular complexity index is 1490. The third-order valence-electron chi connectivity index (χ3n) is 5.50. The lowest BCUT2D eigenvalue weighted by molar-refractivity contribution is -0.118. The van der Waals surface area contributed by atoms with Crippen LogP contribution < -0.4 is 26.0 Å². The first-order chi connectivity index (χ1) is 16.3. The topological polar surface area (TPSA) is 91.6 Å². The molecule has 1 heterocycles. The molecule has 0 unspecified atom stereocenters. The highest BCUT2D eigenvalue weighted by Crippen LogP contribution is 2.24. The van der Waals surface area contributed by atoms with Crippen LogP contribution in [0, 0.1) is 0 Å². The predicted octanol–water partition coefficient (Wildman–Crippen LogP) is 4.02. The van der Waals surface area contributed by atoms with Gasteiger partial charge in [-0.15, -0.1) is 0 Å². The molecule has 0 saturated heterocycles. The molecular weight excluding hydrogens is 458 g/mol. The molecule has 9 heteroatoms. The molecule has 4 rings (SSSR count). The van der Waals surface area contributed by atoms with E-state index in [1.165, 1.54) is 23.8 Å². The molecule has 0 aliphatic carbocycles. The summed E-state index contributed by atoms with van der Waals surface area (Å²) >= 11 is 6.19. The molecular formula is C25H22ClN3O5. The van der Waals surface area contributed by atoms with Gasteiger partial charge in [-0.3, -0.25) is 14.2 Å². The first-order valence-electron chi connectivity index (χ1n) is 10.4. The molecule has 1 N–H and O–H groups in total. The number of carbonyl (C=O) groups is 1. The average Bonchev–Trinajstić information content (AvgIpc) is 2.84. The van der Waals surface area contributed by atoms with E-state index in [0.29, 0.717) is 22.2 Å². The van der Waals surface area contributed by atoms with E-state index in [2.05, 4.69) is 5.32 Å². The lowest BCUT2D eigenvalue weighted by Gasteiger charge is -2.20. The second-order valence-corrected chi connectivity index (χ2v) is 7.96. The number of nitrogens with zero attached hydrogens (tertiary/aromatic N) is 2. The standard InChI is InChI=1S/C25H22ClN3O5/c1-15(23(30)27-17-9-11-18(33-2)12-10-17)28-21-14-16(26)8-13-19(21)24(31)29(25(28)32)20-6-4-5-7-22(20)34-3/h4-15H,1-3H3,(H,27,30)/t15-/m0/s1. The van der Waals surface area contributed by atoms with Crippen molar-refractivity contribution in [3.8, 4) is 17.2 Å². The van der Waals surface area contributed by atoms with Gasteiger partial charge in [-0.05, 0) is 61.5 Å². The second-order valence-electron chi connectivity index (χ2n) is 7.52. The number of methoxy groups -OCH3 is 2. The van der Waals surface area contributed by atoms with E-state index >= 15 is 0 Å². The maximum atomic E-state index is 13.7. The fourth-order valence-corrected chi connectivity index (χ4v) is 3.91. The van der Waals surface area contributed by atoms with Gasteiger partial charge < -0.3 is 14.8 Å². The molecule has 0 radical (unpaired) electrons. The monoisotopic (exact) mass is 479 g/mol. The SMILES string of the molecule is COc1ccc(NC(=O)[C@H](C)n2c(=O)n(-c3ccccc3OC)c(=O)c3ccc(Cl)cc32)cc1. The number of benzene rings is 3. The van der Waals surface area contributed by atoms with Crippen LogP contribution in [0.15, 0.2) is 76.3 Å². The number of para-hydroxylation sites is 2. The van der Waals surface area contributed by atoms with E-state index in [4.69, 9.17) is 21.1 Å². The van der Waals surface area contributed by atoms with Crippen LogP contribution in [-0.4, -0.2) is 29.3 Å². The van der Waals surface area contributed by atoms with Gasteiger partial charge in [0.05, 0.1) is 30.8 Å². The van der Waals surface area contributed by atoms with Crippen LogP contribution in [0.25, 0.3) is 16.6 Å². The molecule has 8 nitrogen and oxygen atoms in total. The van der Waals surface area contributed by atoms with E-state index in [9.17, 15) is 14.4 Å². The van der Waals surface area contributed by atoms with Crippen molar-refractivity contribution >= 4 is 34.1 Å². The zero-order valence-corrected chi connectivity index (χ0v) is 19.5. The van der Waals surface area contributed by atoms with E-state index in [1.54, 1.807) is 68.6 Å². The lowest BCUT2D eigenvalue weighted by atomic mass is 10.2. The predicted molar refractivity (Wildman–Crippen MR) is 132 cm³/mol. The maximum Gasteiger partial charge on any atom is 0.337 e. The van der Waals surface area contributed by atoms with Crippen molar-refractivity contribution in [2.45, 2.75) is 13.0 Å². The minimum atomic E-state index is -0.975. The number of carbonyl (C=O) groups excluding carboxylic acids is 1. The Kier molecular flexibility index (Phi) is 6.43. The molecule has 0 aliphatic heterocycles. The van der Waals surface area contributed by atoms with Crippen molar-refractivity contribution in [3.63, 3.8) is 0 Å². The average molecular weight is 480 g/mol. The molecule has 0 bridgehead atoms. The summed E-state index contributed by atoms with van der Waals surface area (Å²) < 4.78 is 12.8. The quantitative estimate of drug-likeness (QED) is 0.451. The number of hydrogen-bond donors (Lipinski definition) is 1. The summed E-state index contributed by atoms with van der Waals surface area (Å²) in [6, 6.07) is 17.1. The summed E-state index contributed by atoms with van der Waals surface area (Å²) in [4.78, 5) is 40.2. The highest BCUT2D eigenvalue weighted by molar-refractivity contribution is 6.31. The number of nitrogens with one attached hydrogen (secondary N) is 1. The molecule has 0 spiro atoms. The van der Waals surface area contributed by atoms with Gasteiger partial charge in [-0.25, -0.2) is 9.36 Å². The van der Waals surface area contributed by atoms with E-state index < -0.39 is 23.2 Å². The van der Waals surface area contributed by atoms with Gasteiger partial charge >= 0.3 is 5.69 Å². The molecule has 4 aromatic rings. The van der Waals surface area contributed by atoms with Crippen molar-refractivity contribution in [3.05, 3.63) is 92.6 Å².